The lowest BCUT2D eigenvalue weighted by molar-refractivity contribution is 0.385. The minimum atomic E-state index is 0.139. The molecule has 0 aliphatic heterocycles. The average molecular weight is 308 g/mol. The highest BCUT2D eigenvalue weighted by Gasteiger charge is 2.23. The molecule has 0 aliphatic rings. The highest BCUT2D eigenvalue weighted by molar-refractivity contribution is 5.36. The zero-order valence-corrected chi connectivity index (χ0v) is 14.0. The van der Waals surface area contributed by atoms with Crippen LogP contribution in [0.3, 0.4) is 0 Å². The van der Waals surface area contributed by atoms with Crippen LogP contribution in [0.1, 0.15) is 38.6 Å². The number of benzene rings is 1. The molecule has 4 heteroatoms. The second-order valence-corrected chi connectivity index (χ2v) is 6.78. The van der Waals surface area contributed by atoms with Crippen molar-refractivity contribution in [2.45, 2.75) is 45.2 Å². The van der Waals surface area contributed by atoms with E-state index in [1.165, 1.54) is 5.56 Å². The zero-order chi connectivity index (χ0) is 16.3. The van der Waals surface area contributed by atoms with Crippen LogP contribution in [-0.4, -0.2) is 20.6 Å². The van der Waals surface area contributed by atoms with Crippen molar-refractivity contribution in [1.29, 1.82) is 0 Å². The van der Waals surface area contributed by atoms with Crippen LogP contribution in [0.15, 0.2) is 54.7 Å². The second kappa shape index (κ2) is 6.50. The number of nitrogens with zero attached hydrogens (tertiary/aromatic N) is 3. The molecule has 0 saturated heterocycles. The third kappa shape index (κ3) is 3.59. The summed E-state index contributed by atoms with van der Waals surface area (Å²) in [6.45, 7) is 7.55. The van der Waals surface area contributed by atoms with E-state index >= 15 is 0 Å². The maximum Gasteiger partial charge on any atom is 0.160 e. The standard InChI is InChI=1S/C19H24N4/c1-15(13-19(2,3)16-9-5-4-6-10-16)20-14-18-22-21-17-11-7-8-12-23(17)18/h4-12,15,20H,13-14H2,1-3H3. The van der Waals surface area contributed by atoms with Gasteiger partial charge in [-0.05, 0) is 36.5 Å². The van der Waals surface area contributed by atoms with Crippen LogP contribution in [0.25, 0.3) is 5.65 Å². The summed E-state index contributed by atoms with van der Waals surface area (Å²) in [7, 11) is 0. The number of rotatable bonds is 6. The Kier molecular flexibility index (Phi) is 4.44. The van der Waals surface area contributed by atoms with Crippen molar-refractivity contribution in [3.05, 3.63) is 66.1 Å². The maximum absolute atomic E-state index is 4.27. The summed E-state index contributed by atoms with van der Waals surface area (Å²) in [6, 6.07) is 17.0. The van der Waals surface area contributed by atoms with Gasteiger partial charge in [0.05, 0.1) is 6.54 Å². The van der Waals surface area contributed by atoms with Gasteiger partial charge in [-0.15, -0.1) is 10.2 Å². The van der Waals surface area contributed by atoms with Gasteiger partial charge in [-0.2, -0.15) is 0 Å². The first kappa shape index (κ1) is 15.7. The quantitative estimate of drug-likeness (QED) is 0.757. The van der Waals surface area contributed by atoms with E-state index < -0.39 is 0 Å². The van der Waals surface area contributed by atoms with Gasteiger partial charge in [0.15, 0.2) is 11.5 Å². The number of pyridine rings is 1. The largest absolute Gasteiger partial charge is 0.307 e. The van der Waals surface area contributed by atoms with Gasteiger partial charge in [0.25, 0.3) is 0 Å². The number of hydrogen-bond acceptors (Lipinski definition) is 3. The van der Waals surface area contributed by atoms with Crippen molar-refractivity contribution in [3.63, 3.8) is 0 Å². The van der Waals surface area contributed by atoms with Gasteiger partial charge >= 0.3 is 0 Å². The van der Waals surface area contributed by atoms with E-state index in [1.54, 1.807) is 0 Å². The number of aromatic nitrogens is 3. The van der Waals surface area contributed by atoms with Crippen LogP contribution in [-0.2, 0) is 12.0 Å². The van der Waals surface area contributed by atoms with Crippen molar-refractivity contribution in [3.8, 4) is 0 Å². The molecule has 2 aromatic heterocycles. The second-order valence-electron chi connectivity index (χ2n) is 6.78. The molecule has 1 aromatic carbocycles. The Bertz CT molecular complexity index is 761. The molecule has 0 radical (unpaired) electrons. The van der Waals surface area contributed by atoms with Gasteiger partial charge in [-0.25, -0.2) is 0 Å². The molecule has 1 unspecified atom stereocenters. The summed E-state index contributed by atoms with van der Waals surface area (Å²) in [4.78, 5) is 0. The maximum atomic E-state index is 4.27. The summed E-state index contributed by atoms with van der Waals surface area (Å²) in [5.41, 5.74) is 2.41. The molecule has 4 nitrogen and oxygen atoms in total. The fourth-order valence-electron chi connectivity index (χ4n) is 3.12. The highest BCUT2D eigenvalue weighted by Crippen LogP contribution is 2.28. The lowest BCUT2D eigenvalue weighted by Crippen LogP contribution is -2.33. The molecular formula is C19H24N4. The topological polar surface area (TPSA) is 42.2 Å². The number of fused-ring (bicyclic) bond motifs is 1. The van der Waals surface area contributed by atoms with Crippen molar-refractivity contribution in [1.82, 2.24) is 19.9 Å². The van der Waals surface area contributed by atoms with Crippen LogP contribution in [0.2, 0.25) is 0 Å². The Morgan fingerprint density at radius 2 is 1.78 bits per heavy atom. The molecular weight excluding hydrogens is 284 g/mol. The molecule has 1 atom stereocenters. The lowest BCUT2D eigenvalue weighted by atomic mass is 9.79. The lowest BCUT2D eigenvalue weighted by Gasteiger charge is -2.29. The summed E-state index contributed by atoms with van der Waals surface area (Å²) < 4.78 is 2.03. The Labute approximate surface area is 137 Å². The van der Waals surface area contributed by atoms with Crippen molar-refractivity contribution < 1.29 is 0 Å². The molecule has 0 bridgehead atoms. The molecule has 0 spiro atoms. The molecule has 0 fully saturated rings. The van der Waals surface area contributed by atoms with Crippen molar-refractivity contribution >= 4 is 5.65 Å². The van der Waals surface area contributed by atoms with E-state index in [4.69, 9.17) is 0 Å². The molecule has 3 aromatic rings. The van der Waals surface area contributed by atoms with E-state index in [9.17, 15) is 0 Å². The average Bonchev–Trinajstić information content (AvgIpc) is 2.97. The minimum Gasteiger partial charge on any atom is -0.307 e. The van der Waals surface area contributed by atoms with Crippen LogP contribution in [0.5, 0.6) is 0 Å². The fourth-order valence-corrected chi connectivity index (χ4v) is 3.12. The fraction of sp³-hybridized carbons (Fsp3) is 0.368. The van der Waals surface area contributed by atoms with Crippen LogP contribution >= 0.6 is 0 Å². The predicted octanol–water partition coefficient (Wildman–Crippen LogP) is 3.58. The molecule has 1 N–H and O–H groups in total. The highest BCUT2D eigenvalue weighted by atomic mass is 15.3. The Morgan fingerprint density at radius 3 is 2.57 bits per heavy atom. The molecule has 0 aliphatic carbocycles. The SMILES string of the molecule is CC(CC(C)(C)c1ccccc1)NCc1nnc2ccccn12. The summed E-state index contributed by atoms with van der Waals surface area (Å²) in [6.07, 6.45) is 3.07. The van der Waals surface area contributed by atoms with Crippen molar-refractivity contribution in [2.24, 2.45) is 0 Å². The number of nitrogens with one attached hydrogen (secondary N) is 1. The summed E-state index contributed by atoms with van der Waals surface area (Å²) >= 11 is 0. The Hall–Kier alpha value is -2.20. The van der Waals surface area contributed by atoms with E-state index in [-0.39, 0.29) is 5.41 Å². The smallest absolute Gasteiger partial charge is 0.160 e. The molecule has 120 valence electrons. The molecule has 3 rings (SSSR count). The Morgan fingerprint density at radius 1 is 1.04 bits per heavy atom. The van der Waals surface area contributed by atoms with Gasteiger partial charge in [-0.1, -0.05) is 50.2 Å². The van der Waals surface area contributed by atoms with Gasteiger partial charge < -0.3 is 5.32 Å². The van der Waals surface area contributed by atoms with E-state index in [1.807, 2.05) is 28.8 Å². The predicted molar refractivity (Wildman–Crippen MR) is 93.4 cm³/mol. The first-order valence-electron chi connectivity index (χ1n) is 8.14. The monoisotopic (exact) mass is 308 g/mol. The third-order valence-electron chi connectivity index (χ3n) is 4.36. The summed E-state index contributed by atoms with van der Waals surface area (Å²) in [5, 5.41) is 12.0. The minimum absolute atomic E-state index is 0.139. The first-order valence-corrected chi connectivity index (χ1v) is 8.14. The normalized spacial score (nSPS) is 13.3. The zero-order valence-electron chi connectivity index (χ0n) is 14.0. The van der Waals surface area contributed by atoms with E-state index in [0.717, 1.165) is 24.4 Å². The van der Waals surface area contributed by atoms with Crippen LogP contribution in [0.4, 0.5) is 0 Å². The molecule has 2 heterocycles. The summed E-state index contributed by atoms with van der Waals surface area (Å²) in [5.74, 6) is 0.949. The van der Waals surface area contributed by atoms with Crippen LogP contribution in [0, 0.1) is 0 Å². The number of hydrogen-bond donors (Lipinski definition) is 1. The van der Waals surface area contributed by atoms with E-state index in [0.29, 0.717) is 6.04 Å². The molecule has 23 heavy (non-hydrogen) atoms. The third-order valence-corrected chi connectivity index (χ3v) is 4.36. The van der Waals surface area contributed by atoms with Gasteiger partial charge in [0.1, 0.15) is 0 Å². The van der Waals surface area contributed by atoms with E-state index in [2.05, 4.69) is 66.6 Å². The van der Waals surface area contributed by atoms with Gasteiger partial charge in [0, 0.05) is 12.2 Å². The molecule has 0 amide bonds. The first-order chi connectivity index (χ1) is 11.1. The molecule has 0 saturated carbocycles. The van der Waals surface area contributed by atoms with Gasteiger partial charge in [0.2, 0.25) is 0 Å². The van der Waals surface area contributed by atoms with Crippen molar-refractivity contribution in [2.75, 3.05) is 0 Å². The van der Waals surface area contributed by atoms with Gasteiger partial charge in [-0.3, -0.25) is 4.40 Å². The van der Waals surface area contributed by atoms with Crippen LogP contribution < -0.4 is 5.32 Å². The Balaban J connectivity index is 1.62.